The molecule has 0 spiro atoms. The van der Waals surface area contributed by atoms with Gasteiger partial charge >= 0.3 is 72.8 Å². The van der Waals surface area contributed by atoms with Gasteiger partial charge in [0.2, 0.25) is 23.6 Å². The molecule has 1 saturated carbocycles. The van der Waals surface area contributed by atoms with E-state index in [1.54, 1.807) is 6.07 Å². The molecule has 6 unspecified atom stereocenters. The Bertz CT molecular complexity index is 4210. The lowest BCUT2D eigenvalue weighted by Crippen LogP contribution is -2.72. The van der Waals surface area contributed by atoms with E-state index < -0.39 is 233 Å². The quantitative estimate of drug-likeness (QED) is 0.0219. The van der Waals surface area contributed by atoms with Crippen molar-refractivity contribution in [3.8, 4) is 0 Å². The Balaban J connectivity index is 1.47. The van der Waals surface area contributed by atoms with Crippen molar-refractivity contribution >= 4 is 96.4 Å². The van der Waals surface area contributed by atoms with E-state index in [2.05, 4.69) is 33.8 Å². The van der Waals surface area contributed by atoms with Crippen LogP contribution in [0.3, 0.4) is 0 Å². The average Bonchev–Trinajstić information content (AvgIpc) is 0.758. The summed E-state index contributed by atoms with van der Waals surface area (Å²) in [6, 6.07) is 22.1. The smallest absolute Gasteiger partial charge is 0.353 e. The van der Waals surface area contributed by atoms with Gasteiger partial charge in [-0.25, -0.2) is 29.3 Å². The lowest BCUT2D eigenvalue weighted by atomic mass is 9.82. The van der Waals surface area contributed by atoms with E-state index in [9.17, 15) is 110 Å². The molecule has 538 valence electrons. The highest BCUT2D eigenvalue weighted by molar-refractivity contribution is 7.82. The zero-order valence-electron chi connectivity index (χ0n) is 49.0. The normalized spacial score (nSPS) is 26.8. The molecule has 7 rings (SSSR count). The molecule has 40 nitrogen and oxygen atoms in total. The van der Waals surface area contributed by atoms with Crippen molar-refractivity contribution in [2.24, 2.45) is 0 Å². The number of hydrogen-bond donors (Lipinski definition) is 11. The van der Waals surface area contributed by atoms with Gasteiger partial charge in [-0.2, -0.15) is 58.9 Å². The molecule has 47 heteroatoms. The second-order valence-electron chi connectivity index (χ2n) is 21.1. The van der Waals surface area contributed by atoms with Crippen molar-refractivity contribution < 1.29 is 158 Å². The minimum absolute atomic E-state index is 0.145. The van der Waals surface area contributed by atoms with E-state index >= 15 is 0 Å². The molecule has 0 aromatic heterocycles. The van der Waals surface area contributed by atoms with Crippen LogP contribution in [-0.4, -0.2) is 219 Å². The van der Waals surface area contributed by atoms with Gasteiger partial charge in [0.1, 0.15) is 48.8 Å². The van der Waals surface area contributed by atoms with Crippen LogP contribution in [0.5, 0.6) is 0 Å². The highest BCUT2D eigenvalue weighted by Crippen LogP contribution is 2.39. The number of rotatable bonds is 32. The Labute approximate surface area is 553 Å². The van der Waals surface area contributed by atoms with Gasteiger partial charge in [0, 0.05) is 6.54 Å². The van der Waals surface area contributed by atoms with Crippen LogP contribution in [0.2, 0.25) is 0 Å². The number of benzene rings is 4. The van der Waals surface area contributed by atoms with E-state index in [1.165, 1.54) is 115 Å². The first kappa shape index (κ1) is 78.0. The van der Waals surface area contributed by atoms with Crippen molar-refractivity contribution in [3.63, 3.8) is 0 Å². The Morgan fingerprint density at radius 1 is 0.361 bits per heavy atom. The first-order chi connectivity index (χ1) is 45.0. The summed E-state index contributed by atoms with van der Waals surface area (Å²) in [7, 11) is -42.5. The van der Waals surface area contributed by atoms with E-state index in [4.69, 9.17) is 35.7 Å². The summed E-state index contributed by atoms with van der Waals surface area (Å²) in [6.45, 7) is -2.94. The molecule has 2 saturated heterocycles. The highest BCUT2D eigenvalue weighted by atomic mass is 32.3. The Kier molecular flexibility index (Phi) is 26.4. The summed E-state index contributed by atoms with van der Waals surface area (Å²) in [5.41, 5.74) is 0.886. The lowest BCUT2D eigenvalue weighted by molar-refractivity contribution is -0.323. The predicted octanol–water partition coefficient (Wildman–Crippen LogP) is -2.90. The molecule has 3 aliphatic rings. The standard InChI is InChI=1S/C50H60N4O36S7/c55-36(21-28-13-5-1-6-14-28)51-26-34-44(86-93(65,66)67)47(89-96(74,75)76)48(90-97(77,78)79)50(81-34)84-42-33(53-38(57)23-30-17-9-3-10-18-30)25-32(52-37(56)22-29-15-7-2-8-16-29)41(46(42)88-95(71,72)73)83-49-45(87-94(68,69)70)40(54-39(58)24-31-19-11-4-12-20-31)43(85-92(62,63)64)35(82-49)27-80-91(59,60)61/h1-20,32-35,40-50H,21-27H2,(H,51,55)(H,52,56)(H,53,57)(H,54,58)(H,59,60,61)(H,62,63,64)(H,65,66,67)(H,68,69,70)(H,71,72,73)(H,74,75,76)(H,77,78,79)/t32-,33?,34?,35?,40+,41+,42?,43-,44?,45-,46-,47+,48-,49?,50+/m1/s1. The van der Waals surface area contributed by atoms with Crippen LogP contribution < -0.4 is 21.3 Å². The van der Waals surface area contributed by atoms with Crippen molar-refractivity contribution in [1.29, 1.82) is 0 Å². The number of carbonyl (C=O) groups is 4. The minimum Gasteiger partial charge on any atom is -0.353 e. The van der Waals surface area contributed by atoms with Gasteiger partial charge in [0.25, 0.3) is 0 Å². The van der Waals surface area contributed by atoms with Crippen molar-refractivity contribution in [2.45, 2.75) is 124 Å². The average molecular weight is 1520 g/mol. The maximum Gasteiger partial charge on any atom is 0.397 e. The van der Waals surface area contributed by atoms with Gasteiger partial charge in [-0.05, 0) is 28.7 Å². The van der Waals surface area contributed by atoms with Gasteiger partial charge in [0.15, 0.2) is 24.8 Å². The van der Waals surface area contributed by atoms with Crippen LogP contribution in [0.4, 0.5) is 0 Å². The number of hydrogen-bond acceptors (Lipinski definition) is 29. The van der Waals surface area contributed by atoms with E-state index in [0.717, 1.165) is 0 Å². The van der Waals surface area contributed by atoms with Crippen LogP contribution >= 0.6 is 0 Å². The molecule has 0 bridgehead atoms. The Morgan fingerprint density at radius 3 is 1.05 bits per heavy atom. The summed E-state index contributed by atoms with van der Waals surface area (Å²) in [6.07, 6.45) is -38.7. The Morgan fingerprint density at radius 2 is 0.670 bits per heavy atom. The maximum atomic E-state index is 14.4. The molecule has 0 radical (unpaired) electrons. The zero-order chi connectivity index (χ0) is 71.5. The van der Waals surface area contributed by atoms with Gasteiger partial charge in [-0.15, -0.1) is 0 Å². The minimum atomic E-state index is -6.28. The molecule has 97 heavy (non-hydrogen) atoms. The molecular weight excluding hydrogens is 1460 g/mol. The molecule has 15 atom stereocenters. The molecule has 4 aromatic carbocycles. The van der Waals surface area contributed by atoms with Crippen LogP contribution in [-0.2, 0) is 166 Å². The number of ether oxygens (including phenoxy) is 4. The zero-order valence-corrected chi connectivity index (χ0v) is 54.7. The lowest BCUT2D eigenvalue weighted by Gasteiger charge is -2.51. The number of nitrogens with one attached hydrogen (secondary N) is 4. The third-order valence-corrected chi connectivity index (χ3v) is 17.1. The second kappa shape index (κ2) is 32.8. The van der Waals surface area contributed by atoms with E-state index in [1.807, 2.05) is 0 Å². The predicted molar refractivity (Wildman–Crippen MR) is 317 cm³/mol. The second-order valence-corrected chi connectivity index (χ2v) is 28.4. The van der Waals surface area contributed by atoms with Crippen molar-refractivity contribution in [3.05, 3.63) is 144 Å². The SMILES string of the molecule is O=C(Cc1ccccc1)NCC1O[C@@H](OC2C(NC(=O)Cc3ccccc3)C[C@@H](NC(=O)Cc3ccccc3)[C@H](OC3OC(COS(=O)(=O)O)[C@@H](OS(=O)(=O)O)[C@H](NC(=O)Cc4ccccc4)[C@H]3OS(=O)(=O)O)[C@H]2OS(=O)(=O)O)[C@H](OS(=O)(=O)O)[C@@H](OS(=O)(=O)O)C1OS(=O)(=O)O. The number of carbonyl (C=O) groups excluding carboxylic acids is 4. The van der Waals surface area contributed by atoms with Crippen LogP contribution in [0, 0.1) is 0 Å². The summed E-state index contributed by atoms with van der Waals surface area (Å²) >= 11 is 0. The van der Waals surface area contributed by atoms with E-state index in [0.29, 0.717) is 5.56 Å². The molecule has 3 fully saturated rings. The number of amides is 4. The monoisotopic (exact) mass is 1520 g/mol. The van der Waals surface area contributed by atoms with Gasteiger partial charge in [-0.3, -0.25) is 51.0 Å². The van der Waals surface area contributed by atoms with Crippen LogP contribution in [0.1, 0.15) is 28.7 Å². The van der Waals surface area contributed by atoms with Crippen molar-refractivity contribution in [1.82, 2.24) is 21.3 Å². The first-order valence-electron chi connectivity index (χ1n) is 27.5. The molecule has 4 amide bonds. The molecule has 2 aliphatic heterocycles. The summed E-state index contributed by atoms with van der Waals surface area (Å²) in [5, 5.41) is 9.17. The fraction of sp³-hybridized carbons (Fsp3) is 0.440. The van der Waals surface area contributed by atoms with E-state index in [-0.39, 0.29) is 16.7 Å². The molecule has 4 aromatic rings. The first-order valence-corrected chi connectivity index (χ1v) is 37.1. The Hall–Kier alpha value is -6.31. The van der Waals surface area contributed by atoms with Gasteiger partial charge in [0.05, 0.1) is 50.4 Å². The summed E-state index contributed by atoms with van der Waals surface area (Å²) in [5.74, 6) is -4.51. The molecule has 1 aliphatic carbocycles. The fourth-order valence-corrected chi connectivity index (χ4v) is 13.7. The topological polar surface area (TPSA) is 599 Å². The van der Waals surface area contributed by atoms with Gasteiger partial charge < -0.3 is 40.2 Å². The fourth-order valence-electron chi connectivity index (χ4n) is 10.4. The third kappa shape index (κ3) is 26.1. The largest absolute Gasteiger partial charge is 0.397 e. The van der Waals surface area contributed by atoms with Crippen LogP contribution in [0.15, 0.2) is 121 Å². The van der Waals surface area contributed by atoms with Crippen molar-refractivity contribution in [2.75, 3.05) is 13.2 Å². The molecule has 11 N–H and O–H groups in total. The summed E-state index contributed by atoms with van der Waals surface area (Å²) in [4.78, 5) is 56.1. The highest BCUT2D eigenvalue weighted by Gasteiger charge is 2.60. The van der Waals surface area contributed by atoms with Gasteiger partial charge in [-0.1, -0.05) is 121 Å². The van der Waals surface area contributed by atoms with Crippen LogP contribution in [0.25, 0.3) is 0 Å². The third-order valence-electron chi connectivity index (χ3n) is 13.9. The maximum absolute atomic E-state index is 14.4. The summed E-state index contributed by atoms with van der Waals surface area (Å²) < 4.78 is 307. The molecular formula is C50H60N4O36S7. The molecule has 2 heterocycles.